The van der Waals surface area contributed by atoms with E-state index in [1.807, 2.05) is 11.8 Å². The molecule has 2 aromatic carbocycles. The highest BCUT2D eigenvalue weighted by atomic mass is 32.3. The smallest absolute Gasteiger partial charge is 0.334 e. The van der Waals surface area contributed by atoms with Gasteiger partial charge in [-0.1, -0.05) is 36.0 Å². The monoisotopic (exact) mass is 425 g/mol. The van der Waals surface area contributed by atoms with Crippen LogP contribution in [0.25, 0.3) is 0 Å². The number of likely N-dealkylation sites (N-methyl/N-ethyl adjacent to an activating group) is 1. The van der Waals surface area contributed by atoms with Gasteiger partial charge in [0.25, 0.3) is 0 Å². The Balaban J connectivity index is 0.000000409. The van der Waals surface area contributed by atoms with Crippen LogP contribution < -0.4 is 4.90 Å². The van der Waals surface area contributed by atoms with Gasteiger partial charge in [-0.05, 0) is 38.1 Å². The van der Waals surface area contributed by atoms with Crippen LogP contribution in [-0.2, 0) is 14.6 Å². The molecular weight excluding hydrogens is 396 g/mol. The summed E-state index contributed by atoms with van der Waals surface area (Å²) in [4.78, 5) is 5.23. The summed E-state index contributed by atoms with van der Waals surface area (Å²) in [5.41, 5.74) is 2.70. The summed E-state index contributed by atoms with van der Waals surface area (Å²) in [7, 11) is -0.934. The first kappa shape index (κ1) is 22.7. The molecule has 6 nitrogen and oxygen atoms in total. The van der Waals surface area contributed by atoms with Crippen LogP contribution in [0.5, 0.6) is 0 Å². The lowest BCUT2D eigenvalue weighted by molar-refractivity contribution is -0.904. The van der Waals surface area contributed by atoms with E-state index in [2.05, 4.69) is 78.5 Å². The molecule has 0 unspecified atom stereocenters. The lowest BCUT2D eigenvalue weighted by Gasteiger charge is -2.37. The van der Waals surface area contributed by atoms with Gasteiger partial charge in [0.15, 0.2) is 0 Å². The second kappa shape index (κ2) is 9.76. The topological polar surface area (TPSA) is 66.8 Å². The number of fused-ring (bicyclic) bond motifs is 2. The zero-order valence-corrected chi connectivity index (χ0v) is 18.5. The van der Waals surface area contributed by atoms with Crippen LogP contribution in [0.3, 0.4) is 0 Å². The van der Waals surface area contributed by atoms with Crippen LogP contribution in [0.4, 0.5) is 11.4 Å². The van der Waals surface area contributed by atoms with Crippen molar-refractivity contribution in [1.82, 2.24) is 0 Å². The molecule has 0 amide bonds. The molecule has 2 aromatic rings. The molecule has 0 radical (unpaired) electrons. The third kappa shape index (κ3) is 5.96. The molecule has 0 bridgehead atoms. The molecule has 0 fully saturated rings. The summed E-state index contributed by atoms with van der Waals surface area (Å²) in [5, 5.41) is 0. The van der Waals surface area contributed by atoms with Crippen molar-refractivity contribution in [2.75, 3.05) is 45.2 Å². The van der Waals surface area contributed by atoms with Gasteiger partial charge >= 0.3 is 10.4 Å². The summed E-state index contributed by atoms with van der Waals surface area (Å²) >= 11 is 1.88. The maximum absolute atomic E-state index is 9.33. The van der Waals surface area contributed by atoms with Crippen molar-refractivity contribution in [2.24, 2.45) is 0 Å². The van der Waals surface area contributed by atoms with E-state index in [4.69, 9.17) is 4.55 Å². The molecule has 154 valence electrons. The van der Waals surface area contributed by atoms with Gasteiger partial charge in [-0.15, -0.1) is 0 Å². The summed E-state index contributed by atoms with van der Waals surface area (Å²) in [5.74, 6) is 0. The van der Waals surface area contributed by atoms with E-state index in [0.29, 0.717) is 0 Å². The van der Waals surface area contributed by atoms with Crippen LogP contribution in [0, 0.1) is 0 Å². The molecule has 8 heteroatoms. The highest BCUT2D eigenvalue weighted by Gasteiger charge is 2.25. The summed E-state index contributed by atoms with van der Waals surface area (Å²) in [6.45, 7) is 9.17. The van der Waals surface area contributed by atoms with Crippen molar-refractivity contribution in [2.45, 2.75) is 23.6 Å². The number of anilines is 2. The Bertz CT molecular complexity index is 838. The minimum Gasteiger partial charge on any atom is -0.334 e. The number of hydrogen-bond acceptors (Lipinski definition) is 5. The predicted octanol–water partition coefficient (Wildman–Crippen LogP) is 4.21. The van der Waals surface area contributed by atoms with Crippen LogP contribution in [0.2, 0.25) is 0 Å². The number of rotatable bonds is 6. The van der Waals surface area contributed by atoms with Crippen molar-refractivity contribution >= 4 is 33.5 Å². The first-order valence-electron chi connectivity index (χ1n) is 9.23. The SMILES string of the molecule is CC[N+](C)(CC)CCN1c2ccccc2Sc2ccccc21.COS(=O)(=O)O. The lowest BCUT2D eigenvalue weighted by atomic mass is 10.2. The van der Waals surface area contributed by atoms with Crippen LogP contribution in [-0.4, -0.2) is 57.8 Å². The first-order valence-corrected chi connectivity index (χ1v) is 11.4. The zero-order chi connectivity index (χ0) is 20.8. The van der Waals surface area contributed by atoms with E-state index < -0.39 is 10.4 Å². The van der Waals surface area contributed by atoms with Gasteiger partial charge in [-0.25, -0.2) is 0 Å². The van der Waals surface area contributed by atoms with Crippen LogP contribution in [0.1, 0.15) is 13.8 Å². The van der Waals surface area contributed by atoms with Crippen molar-refractivity contribution < 1.29 is 21.6 Å². The third-order valence-electron chi connectivity index (χ3n) is 5.13. The Kier molecular flexibility index (Phi) is 7.91. The molecule has 0 saturated carbocycles. The van der Waals surface area contributed by atoms with Crippen LogP contribution >= 0.6 is 11.8 Å². The Labute approximate surface area is 172 Å². The molecule has 1 heterocycles. The van der Waals surface area contributed by atoms with Crippen molar-refractivity contribution in [3.63, 3.8) is 0 Å². The number of hydrogen-bond donors (Lipinski definition) is 1. The zero-order valence-electron chi connectivity index (χ0n) is 16.8. The molecule has 0 aromatic heterocycles. The maximum Gasteiger partial charge on any atom is 0.397 e. The number of nitrogens with zero attached hydrogens (tertiary/aromatic N) is 2. The Morgan fingerprint density at radius 1 is 1.00 bits per heavy atom. The average Bonchev–Trinajstić information content (AvgIpc) is 2.70. The fourth-order valence-corrected chi connectivity index (χ4v) is 4.00. The summed E-state index contributed by atoms with van der Waals surface area (Å²) < 4.78 is 30.8. The number of para-hydroxylation sites is 2. The van der Waals surface area contributed by atoms with Crippen molar-refractivity contribution in [3.8, 4) is 0 Å². The minimum absolute atomic E-state index is 0.870. The third-order valence-corrected chi connectivity index (χ3v) is 6.68. The fourth-order valence-electron chi connectivity index (χ4n) is 2.90. The molecule has 0 aliphatic carbocycles. The predicted molar refractivity (Wildman–Crippen MR) is 115 cm³/mol. The maximum atomic E-state index is 9.33. The van der Waals surface area contributed by atoms with Gasteiger partial charge in [0.2, 0.25) is 0 Å². The standard InChI is InChI=1S/C19H25N2S.CH4O4S/c1-4-21(3,5-2)15-14-20-16-10-6-8-12-18(16)22-19-13-9-7-11-17(19)20;1-5-6(2,3)4/h6-13H,4-5,14-15H2,1-3H3;1H3,(H,2,3,4)/q+1;. The van der Waals surface area contributed by atoms with Crippen molar-refractivity contribution in [1.29, 1.82) is 0 Å². The minimum atomic E-state index is -4.16. The van der Waals surface area contributed by atoms with Gasteiger partial charge in [0, 0.05) is 9.79 Å². The van der Waals surface area contributed by atoms with Gasteiger partial charge in [0.05, 0.1) is 51.7 Å². The van der Waals surface area contributed by atoms with Gasteiger partial charge < -0.3 is 9.38 Å². The van der Waals surface area contributed by atoms with Gasteiger partial charge in [-0.2, -0.15) is 8.42 Å². The van der Waals surface area contributed by atoms with Crippen molar-refractivity contribution in [3.05, 3.63) is 48.5 Å². The summed E-state index contributed by atoms with van der Waals surface area (Å²) in [6, 6.07) is 17.5. The molecule has 1 N–H and O–H groups in total. The fraction of sp³-hybridized carbons (Fsp3) is 0.400. The Morgan fingerprint density at radius 2 is 1.43 bits per heavy atom. The highest BCUT2D eigenvalue weighted by Crippen LogP contribution is 2.47. The average molecular weight is 426 g/mol. The van der Waals surface area contributed by atoms with E-state index in [0.717, 1.165) is 18.1 Å². The molecule has 1 aliphatic rings. The molecule has 0 saturated heterocycles. The Hall–Kier alpha value is -1.58. The molecule has 28 heavy (non-hydrogen) atoms. The number of benzene rings is 2. The molecule has 0 atom stereocenters. The molecule has 1 aliphatic heterocycles. The largest absolute Gasteiger partial charge is 0.397 e. The molecular formula is C20H29N2O4S2+. The number of quaternary nitrogens is 1. The highest BCUT2D eigenvalue weighted by molar-refractivity contribution is 7.99. The molecule has 0 spiro atoms. The van der Waals surface area contributed by atoms with Gasteiger partial charge in [0.1, 0.15) is 0 Å². The van der Waals surface area contributed by atoms with Crippen LogP contribution in [0.15, 0.2) is 58.3 Å². The van der Waals surface area contributed by atoms with E-state index in [1.54, 1.807) is 0 Å². The first-order chi connectivity index (χ1) is 13.2. The lowest BCUT2D eigenvalue weighted by Crippen LogP contribution is -2.48. The Morgan fingerprint density at radius 3 is 1.82 bits per heavy atom. The van der Waals surface area contributed by atoms with Gasteiger partial charge in [-0.3, -0.25) is 8.74 Å². The van der Waals surface area contributed by atoms with E-state index in [9.17, 15) is 8.42 Å². The second-order valence-electron chi connectivity index (χ2n) is 6.76. The van der Waals surface area contributed by atoms with E-state index in [1.165, 1.54) is 40.8 Å². The normalized spacial score (nSPS) is 13.2. The summed E-state index contributed by atoms with van der Waals surface area (Å²) in [6.07, 6.45) is 0. The second-order valence-corrected chi connectivity index (χ2v) is 9.03. The quantitative estimate of drug-likeness (QED) is 0.552. The molecule has 3 rings (SSSR count). The van der Waals surface area contributed by atoms with E-state index in [-0.39, 0.29) is 0 Å². The van der Waals surface area contributed by atoms with E-state index >= 15 is 0 Å².